The number of aryl methyl sites for hydroxylation is 1. The summed E-state index contributed by atoms with van der Waals surface area (Å²) in [5.74, 6) is 0.00885. The number of carbonyl (C=O) groups excluding carboxylic acids is 1. The molecule has 1 aliphatic rings. The van der Waals surface area contributed by atoms with Gasteiger partial charge in [-0.1, -0.05) is 79.2 Å². The van der Waals surface area contributed by atoms with Crippen LogP contribution >= 0.6 is 11.6 Å². The normalized spacial score (nSPS) is 15.7. The number of hydrazone groups is 1. The van der Waals surface area contributed by atoms with Crippen molar-refractivity contribution in [3.8, 4) is 11.1 Å². The first-order valence-corrected chi connectivity index (χ1v) is 11.5. The lowest BCUT2D eigenvalue weighted by molar-refractivity contribution is -0.132. The molecule has 1 aliphatic heterocycles. The van der Waals surface area contributed by atoms with Crippen molar-refractivity contribution in [2.45, 2.75) is 32.7 Å². The van der Waals surface area contributed by atoms with Gasteiger partial charge in [0.2, 0.25) is 5.91 Å². The molecule has 4 aromatic rings. The van der Waals surface area contributed by atoms with Crippen LogP contribution in [0.1, 0.15) is 42.6 Å². The van der Waals surface area contributed by atoms with E-state index < -0.39 is 0 Å². The maximum absolute atomic E-state index is 12.9. The van der Waals surface area contributed by atoms with Crippen molar-refractivity contribution in [2.24, 2.45) is 5.10 Å². The van der Waals surface area contributed by atoms with Gasteiger partial charge in [0, 0.05) is 40.1 Å². The maximum atomic E-state index is 12.9. The Morgan fingerprint density at radius 2 is 1.70 bits per heavy atom. The van der Waals surface area contributed by atoms with Crippen LogP contribution in [-0.4, -0.2) is 21.6 Å². The highest BCUT2D eigenvalue weighted by molar-refractivity contribution is 6.31. The Kier molecular flexibility index (Phi) is 5.69. The van der Waals surface area contributed by atoms with E-state index in [-0.39, 0.29) is 11.9 Å². The average molecular weight is 454 g/mol. The van der Waals surface area contributed by atoms with Gasteiger partial charge in [0.1, 0.15) is 0 Å². The van der Waals surface area contributed by atoms with Crippen LogP contribution in [0.2, 0.25) is 5.02 Å². The number of fused-ring (bicyclic) bond motifs is 1. The fourth-order valence-corrected chi connectivity index (χ4v) is 4.78. The van der Waals surface area contributed by atoms with Gasteiger partial charge in [-0.25, -0.2) is 5.01 Å². The predicted octanol–water partition coefficient (Wildman–Crippen LogP) is 6.95. The van der Waals surface area contributed by atoms with Gasteiger partial charge in [0.05, 0.1) is 17.3 Å². The molecule has 0 fully saturated rings. The number of nitrogens with zero attached hydrogens (tertiary/aromatic N) is 3. The lowest BCUT2D eigenvalue weighted by atomic mass is 9.89. The van der Waals surface area contributed by atoms with Gasteiger partial charge in [-0.3, -0.25) is 9.78 Å². The molecule has 0 bridgehead atoms. The third kappa shape index (κ3) is 3.91. The first-order chi connectivity index (χ1) is 16.1. The fourth-order valence-electron chi connectivity index (χ4n) is 4.60. The second-order valence-electron chi connectivity index (χ2n) is 8.24. The molecular formula is C28H24ClN3O. The number of aromatic nitrogens is 1. The van der Waals surface area contributed by atoms with Crippen molar-refractivity contribution in [1.82, 2.24) is 9.99 Å². The van der Waals surface area contributed by atoms with E-state index in [1.54, 1.807) is 5.01 Å². The fraction of sp³-hybridized carbons (Fsp3) is 0.179. The first-order valence-electron chi connectivity index (χ1n) is 11.2. The molecule has 5 heteroatoms. The Morgan fingerprint density at radius 3 is 2.39 bits per heavy atom. The number of rotatable bonds is 4. The number of hydrogen-bond donors (Lipinski definition) is 0. The van der Waals surface area contributed by atoms with Crippen molar-refractivity contribution in [2.75, 3.05) is 0 Å². The summed E-state index contributed by atoms with van der Waals surface area (Å²) in [7, 11) is 0. The molecule has 2 heterocycles. The zero-order valence-electron chi connectivity index (χ0n) is 18.6. The van der Waals surface area contributed by atoms with Crippen LogP contribution in [0.25, 0.3) is 22.0 Å². The van der Waals surface area contributed by atoms with Crippen molar-refractivity contribution in [1.29, 1.82) is 0 Å². The van der Waals surface area contributed by atoms with Gasteiger partial charge >= 0.3 is 0 Å². The molecule has 0 N–H and O–H groups in total. The third-order valence-electron chi connectivity index (χ3n) is 6.13. The predicted molar refractivity (Wildman–Crippen MR) is 134 cm³/mol. The minimum absolute atomic E-state index is 0.00885. The molecule has 33 heavy (non-hydrogen) atoms. The Morgan fingerprint density at radius 1 is 1.00 bits per heavy atom. The number of carbonyl (C=O) groups is 1. The molecule has 1 atom stereocenters. The van der Waals surface area contributed by atoms with E-state index in [9.17, 15) is 4.79 Å². The summed E-state index contributed by atoms with van der Waals surface area (Å²) in [6.45, 7) is 3.89. The van der Waals surface area contributed by atoms with E-state index in [2.05, 4.69) is 24.3 Å². The minimum atomic E-state index is -0.133. The Balaban J connectivity index is 1.74. The molecule has 3 aromatic carbocycles. The topological polar surface area (TPSA) is 45.6 Å². The molecule has 0 aliphatic carbocycles. The monoisotopic (exact) mass is 453 g/mol. The zero-order valence-corrected chi connectivity index (χ0v) is 19.4. The number of benzene rings is 3. The van der Waals surface area contributed by atoms with Gasteiger partial charge < -0.3 is 0 Å². The summed E-state index contributed by atoms with van der Waals surface area (Å²) in [6.07, 6.45) is 1.03. The molecule has 0 radical (unpaired) electrons. The largest absolute Gasteiger partial charge is 0.273 e. The van der Waals surface area contributed by atoms with Crippen molar-refractivity contribution < 1.29 is 4.79 Å². The van der Waals surface area contributed by atoms with Crippen LogP contribution in [0.3, 0.4) is 0 Å². The van der Waals surface area contributed by atoms with Gasteiger partial charge in [0.15, 0.2) is 0 Å². The van der Waals surface area contributed by atoms with E-state index in [4.69, 9.17) is 21.7 Å². The highest BCUT2D eigenvalue weighted by atomic mass is 35.5. The highest BCUT2D eigenvalue weighted by Crippen LogP contribution is 2.40. The Hall–Kier alpha value is -3.50. The lowest BCUT2D eigenvalue weighted by Crippen LogP contribution is -2.26. The van der Waals surface area contributed by atoms with Crippen molar-refractivity contribution in [3.05, 3.63) is 101 Å². The van der Waals surface area contributed by atoms with E-state index in [0.29, 0.717) is 17.9 Å². The van der Waals surface area contributed by atoms with Crippen LogP contribution in [0.5, 0.6) is 0 Å². The van der Waals surface area contributed by atoms with Gasteiger partial charge in [-0.15, -0.1) is 0 Å². The summed E-state index contributed by atoms with van der Waals surface area (Å²) >= 11 is 6.41. The van der Waals surface area contributed by atoms with Crippen LogP contribution in [0, 0.1) is 6.92 Å². The summed E-state index contributed by atoms with van der Waals surface area (Å²) < 4.78 is 0. The standard InChI is InChI=1S/C28H24ClN3O/c1-3-26(33)32-25(19-10-6-4-7-11-19)17-24(31-32)27-18(2)30-23-15-14-21(29)16-22(23)28(27)20-12-8-5-9-13-20/h4-16,25H,3,17H2,1-2H3/t25-/m0/s1. The van der Waals surface area contributed by atoms with E-state index >= 15 is 0 Å². The van der Waals surface area contributed by atoms with E-state index in [1.807, 2.05) is 68.4 Å². The zero-order chi connectivity index (χ0) is 22.9. The Bertz CT molecular complexity index is 1370. The van der Waals surface area contributed by atoms with E-state index in [0.717, 1.165) is 44.6 Å². The second-order valence-corrected chi connectivity index (χ2v) is 8.68. The third-order valence-corrected chi connectivity index (χ3v) is 6.37. The molecule has 0 saturated carbocycles. The Labute approximate surface area is 198 Å². The summed E-state index contributed by atoms with van der Waals surface area (Å²) in [4.78, 5) is 17.7. The van der Waals surface area contributed by atoms with Crippen LogP contribution in [0.4, 0.5) is 0 Å². The maximum Gasteiger partial charge on any atom is 0.242 e. The summed E-state index contributed by atoms with van der Waals surface area (Å²) in [5.41, 5.74) is 6.83. The number of halogens is 1. The van der Waals surface area contributed by atoms with Crippen molar-refractivity contribution in [3.63, 3.8) is 0 Å². The lowest BCUT2D eigenvalue weighted by Gasteiger charge is -2.21. The summed E-state index contributed by atoms with van der Waals surface area (Å²) in [5, 5.41) is 8.19. The summed E-state index contributed by atoms with van der Waals surface area (Å²) in [6, 6.07) is 26.0. The molecule has 0 unspecified atom stereocenters. The second kappa shape index (κ2) is 8.80. The molecule has 4 nitrogen and oxygen atoms in total. The van der Waals surface area contributed by atoms with Gasteiger partial charge in [-0.05, 0) is 36.2 Å². The van der Waals surface area contributed by atoms with Crippen LogP contribution < -0.4 is 0 Å². The molecule has 1 aromatic heterocycles. The highest BCUT2D eigenvalue weighted by Gasteiger charge is 2.34. The molecular weight excluding hydrogens is 430 g/mol. The average Bonchev–Trinajstić information content (AvgIpc) is 3.29. The van der Waals surface area contributed by atoms with Crippen LogP contribution in [-0.2, 0) is 4.79 Å². The number of amides is 1. The minimum Gasteiger partial charge on any atom is -0.273 e. The first kappa shape index (κ1) is 21.4. The molecule has 1 amide bonds. The number of hydrogen-bond acceptors (Lipinski definition) is 3. The van der Waals surface area contributed by atoms with Crippen molar-refractivity contribution >= 4 is 34.1 Å². The van der Waals surface area contributed by atoms with Gasteiger partial charge in [-0.2, -0.15) is 5.10 Å². The van der Waals surface area contributed by atoms with Gasteiger partial charge in [0.25, 0.3) is 0 Å². The smallest absolute Gasteiger partial charge is 0.242 e. The number of pyridine rings is 1. The molecule has 164 valence electrons. The SMILES string of the molecule is CCC(=O)N1N=C(c2c(C)nc3ccc(Cl)cc3c2-c2ccccc2)C[C@H]1c1ccccc1. The van der Waals surface area contributed by atoms with E-state index in [1.165, 1.54) is 0 Å². The molecule has 0 spiro atoms. The quantitative estimate of drug-likeness (QED) is 0.335. The molecule has 5 rings (SSSR count). The molecule has 0 saturated heterocycles. The van der Waals surface area contributed by atoms with Crippen LogP contribution in [0.15, 0.2) is 84.0 Å².